The number of morpholine rings is 1. The van der Waals surface area contributed by atoms with Crippen LogP contribution in [0.4, 0.5) is 5.69 Å². The number of amides is 1. The number of methoxy groups -OCH3 is 1. The first-order valence-corrected chi connectivity index (χ1v) is 6.45. The van der Waals surface area contributed by atoms with Gasteiger partial charge in [0.1, 0.15) is 11.8 Å². The molecule has 1 aromatic carbocycles. The number of halogens is 1. The van der Waals surface area contributed by atoms with Gasteiger partial charge in [-0.1, -0.05) is 0 Å². The van der Waals surface area contributed by atoms with Gasteiger partial charge < -0.3 is 20.1 Å². The Bertz CT molecular complexity index is 433. The normalized spacial score (nSPS) is 19.3. The summed E-state index contributed by atoms with van der Waals surface area (Å²) in [6.45, 7) is 1.73. The van der Waals surface area contributed by atoms with E-state index in [1.807, 2.05) is 12.1 Å². The molecule has 6 heteroatoms. The van der Waals surface area contributed by atoms with Crippen LogP contribution in [-0.4, -0.2) is 38.8 Å². The second-order valence-electron chi connectivity index (χ2n) is 3.92. The second kappa shape index (κ2) is 6.17. The quantitative estimate of drug-likeness (QED) is 0.885. The number of ether oxygens (including phenoxy) is 2. The minimum atomic E-state index is -0.308. The van der Waals surface area contributed by atoms with E-state index >= 15 is 0 Å². The fourth-order valence-corrected chi connectivity index (χ4v) is 2.03. The van der Waals surface area contributed by atoms with E-state index in [-0.39, 0.29) is 11.9 Å². The molecule has 98 valence electrons. The Morgan fingerprint density at radius 3 is 3.11 bits per heavy atom. The first-order valence-electron chi connectivity index (χ1n) is 5.66. The zero-order valence-electron chi connectivity index (χ0n) is 10.0. The molecule has 1 fully saturated rings. The van der Waals surface area contributed by atoms with E-state index in [2.05, 4.69) is 26.6 Å². The van der Waals surface area contributed by atoms with E-state index < -0.39 is 0 Å². The van der Waals surface area contributed by atoms with Gasteiger partial charge in [0.2, 0.25) is 5.91 Å². The predicted molar refractivity (Wildman–Crippen MR) is 71.9 cm³/mol. The van der Waals surface area contributed by atoms with Crippen LogP contribution < -0.4 is 15.4 Å². The number of hydrogen-bond acceptors (Lipinski definition) is 4. The van der Waals surface area contributed by atoms with Crippen molar-refractivity contribution in [3.05, 3.63) is 22.7 Å². The average Bonchev–Trinajstić information content (AvgIpc) is 2.42. The van der Waals surface area contributed by atoms with E-state index in [9.17, 15) is 4.79 Å². The highest BCUT2D eigenvalue weighted by atomic mass is 79.9. The number of carbonyl (C=O) groups excluding carboxylic acids is 1. The fraction of sp³-hybridized carbons (Fsp3) is 0.417. The molecule has 18 heavy (non-hydrogen) atoms. The number of rotatable bonds is 3. The van der Waals surface area contributed by atoms with Crippen molar-refractivity contribution in [1.82, 2.24) is 5.32 Å². The summed E-state index contributed by atoms with van der Waals surface area (Å²) in [5.41, 5.74) is 0.687. The summed E-state index contributed by atoms with van der Waals surface area (Å²) in [5, 5.41) is 5.95. The largest absolute Gasteiger partial charge is 0.497 e. The van der Waals surface area contributed by atoms with Crippen LogP contribution in [-0.2, 0) is 9.53 Å². The highest BCUT2D eigenvalue weighted by Crippen LogP contribution is 2.27. The lowest BCUT2D eigenvalue weighted by Crippen LogP contribution is -2.48. The van der Waals surface area contributed by atoms with Crippen molar-refractivity contribution in [3.8, 4) is 5.75 Å². The van der Waals surface area contributed by atoms with Crippen LogP contribution in [0.2, 0.25) is 0 Å². The highest BCUT2D eigenvalue weighted by molar-refractivity contribution is 9.10. The highest BCUT2D eigenvalue weighted by Gasteiger charge is 2.21. The molecule has 0 aliphatic carbocycles. The molecule has 0 spiro atoms. The summed E-state index contributed by atoms with van der Waals surface area (Å²) >= 11 is 3.39. The Hall–Kier alpha value is -1.11. The van der Waals surface area contributed by atoms with Crippen LogP contribution in [0.15, 0.2) is 22.7 Å². The molecule has 1 atom stereocenters. The van der Waals surface area contributed by atoms with E-state index in [1.165, 1.54) is 0 Å². The molecule has 0 aromatic heterocycles. The summed E-state index contributed by atoms with van der Waals surface area (Å²) < 4.78 is 11.2. The zero-order valence-corrected chi connectivity index (χ0v) is 11.6. The van der Waals surface area contributed by atoms with E-state index in [0.29, 0.717) is 31.2 Å². The van der Waals surface area contributed by atoms with Gasteiger partial charge in [-0.25, -0.2) is 0 Å². The van der Waals surface area contributed by atoms with Gasteiger partial charge in [0.15, 0.2) is 0 Å². The molecule has 2 rings (SSSR count). The molecule has 5 nitrogen and oxygen atoms in total. The minimum absolute atomic E-state index is 0.108. The Labute approximate surface area is 114 Å². The molecule has 1 saturated heterocycles. The van der Waals surface area contributed by atoms with E-state index in [4.69, 9.17) is 9.47 Å². The lowest BCUT2D eigenvalue weighted by molar-refractivity contribution is -0.120. The molecular weight excluding hydrogens is 300 g/mol. The van der Waals surface area contributed by atoms with E-state index in [1.54, 1.807) is 13.2 Å². The van der Waals surface area contributed by atoms with Gasteiger partial charge in [0.25, 0.3) is 0 Å². The third-order valence-electron chi connectivity index (χ3n) is 2.67. The maximum atomic E-state index is 12.0. The van der Waals surface area contributed by atoms with Crippen molar-refractivity contribution in [2.24, 2.45) is 0 Å². The zero-order chi connectivity index (χ0) is 13.0. The van der Waals surface area contributed by atoms with Crippen molar-refractivity contribution in [1.29, 1.82) is 0 Å². The van der Waals surface area contributed by atoms with Crippen molar-refractivity contribution >= 4 is 27.5 Å². The molecule has 1 aliphatic rings. The molecule has 0 radical (unpaired) electrons. The number of benzene rings is 1. The Balaban J connectivity index is 2.05. The lowest BCUT2D eigenvalue weighted by Gasteiger charge is -2.23. The molecule has 1 amide bonds. The van der Waals surface area contributed by atoms with Gasteiger partial charge >= 0.3 is 0 Å². The fourth-order valence-electron chi connectivity index (χ4n) is 1.68. The van der Waals surface area contributed by atoms with Crippen molar-refractivity contribution in [2.75, 3.05) is 32.2 Å². The minimum Gasteiger partial charge on any atom is -0.497 e. The first kappa shape index (κ1) is 13.3. The molecule has 1 aliphatic heterocycles. The van der Waals surface area contributed by atoms with Gasteiger partial charge in [-0.2, -0.15) is 0 Å². The summed E-state index contributed by atoms with van der Waals surface area (Å²) in [6.07, 6.45) is 0. The smallest absolute Gasteiger partial charge is 0.243 e. The van der Waals surface area contributed by atoms with Crippen LogP contribution in [0.25, 0.3) is 0 Å². The van der Waals surface area contributed by atoms with Crippen molar-refractivity contribution < 1.29 is 14.3 Å². The predicted octanol–water partition coefficient (Wildman–Crippen LogP) is 1.38. The SMILES string of the molecule is COc1ccc(Br)c(NC(=O)C2COCCN2)c1. The van der Waals surface area contributed by atoms with Crippen LogP contribution in [0.3, 0.4) is 0 Å². The molecule has 0 bridgehead atoms. The lowest BCUT2D eigenvalue weighted by atomic mass is 10.2. The third kappa shape index (κ3) is 3.22. The number of carbonyl (C=O) groups is 1. The van der Waals surface area contributed by atoms with Crippen LogP contribution in [0.5, 0.6) is 5.75 Å². The summed E-state index contributed by atoms with van der Waals surface area (Å²) in [7, 11) is 1.59. The first-order chi connectivity index (χ1) is 8.70. The second-order valence-corrected chi connectivity index (χ2v) is 4.77. The third-order valence-corrected chi connectivity index (χ3v) is 3.36. The van der Waals surface area contributed by atoms with Crippen LogP contribution in [0, 0.1) is 0 Å². The Morgan fingerprint density at radius 1 is 1.61 bits per heavy atom. The monoisotopic (exact) mass is 314 g/mol. The van der Waals surface area contributed by atoms with Gasteiger partial charge in [-0.15, -0.1) is 0 Å². The molecule has 0 saturated carbocycles. The van der Waals surface area contributed by atoms with Crippen molar-refractivity contribution in [2.45, 2.75) is 6.04 Å². The Kier molecular flexibility index (Phi) is 4.57. The maximum Gasteiger partial charge on any atom is 0.243 e. The van der Waals surface area contributed by atoms with Crippen LogP contribution >= 0.6 is 15.9 Å². The van der Waals surface area contributed by atoms with Gasteiger partial charge in [0.05, 0.1) is 26.0 Å². The molecule has 2 N–H and O–H groups in total. The summed E-state index contributed by atoms with van der Waals surface area (Å²) in [6, 6.07) is 5.11. The number of nitrogens with one attached hydrogen (secondary N) is 2. The molecule has 1 unspecified atom stereocenters. The molecule has 1 heterocycles. The van der Waals surface area contributed by atoms with Crippen LogP contribution in [0.1, 0.15) is 0 Å². The summed E-state index contributed by atoms with van der Waals surface area (Å²) in [5.74, 6) is 0.588. The standard InChI is InChI=1S/C12H15BrN2O3/c1-17-8-2-3-9(13)10(6-8)15-12(16)11-7-18-5-4-14-11/h2-3,6,11,14H,4-5,7H2,1H3,(H,15,16). The van der Waals surface area contributed by atoms with Gasteiger partial charge in [0, 0.05) is 17.1 Å². The molecular formula is C12H15BrN2O3. The van der Waals surface area contributed by atoms with Crippen molar-refractivity contribution in [3.63, 3.8) is 0 Å². The Morgan fingerprint density at radius 2 is 2.44 bits per heavy atom. The number of anilines is 1. The van der Waals surface area contributed by atoms with E-state index in [0.717, 1.165) is 4.47 Å². The molecule has 1 aromatic rings. The maximum absolute atomic E-state index is 12.0. The van der Waals surface area contributed by atoms with Gasteiger partial charge in [-0.05, 0) is 28.1 Å². The average molecular weight is 315 g/mol. The van der Waals surface area contributed by atoms with Gasteiger partial charge in [-0.3, -0.25) is 4.79 Å². The number of hydrogen-bond donors (Lipinski definition) is 2. The topological polar surface area (TPSA) is 59.6 Å². The summed E-state index contributed by atoms with van der Waals surface area (Å²) in [4.78, 5) is 12.0.